The third-order valence-corrected chi connectivity index (χ3v) is 2.74. The van der Waals surface area contributed by atoms with Crippen LogP contribution in [0.2, 0.25) is 0 Å². The van der Waals surface area contributed by atoms with Gasteiger partial charge in [-0.05, 0) is 0 Å². The van der Waals surface area contributed by atoms with Gasteiger partial charge in [0.2, 0.25) is 5.91 Å². The van der Waals surface area contributed by atoms with E-state index in [1.807, 2.05) is 0 Å². The second-order valence-electron chi connectivity index (χ2n) is 3.33. The molecule has 8 heteroatoms. The van der Waals surface area contributed by atoms with Crippen LogP contribution in [0.3, 0.4) is 0 Å². The van der Waals surface area contributed by atoms with Crippen molar-refractivity contribution < 1.29 is 19.5 Å². The summed E-state index contributed by atoms with van der Waals surface area (Å²) in [6, 6.07) is -1.94. The Labute approximate surface area is 109 Å². The van der Waals surface area contributed by atoms with E-state index in [2.05, 4.69) is 17.2 Å². The number of nitrogens with two attached hydrogens (primary N) is 1. The quantitative estimate of drug-likeness (QED) is 0.335. The second kappa shape index (κ2) is 9.34. The number of rotatable bonds is 9. The zero-order chi connectivity index (χ0) is 14.0. The molecule has 102 valence electrons. The molecule has 18 heavy (non-hydrogen) atoms. The molecule has 0 aromatic heterocycles. The van der Waals surface area contributed by atoms with E-state index in [1.165, 1.54) is 0 Å². The molecule has 0 fully saturated rings. The lowest BCUT2D eigenvalue weighted by Crippen LogP contribution is -2.48. The van der Waals surface area contributed by atoms with Gasteiger partial charge in [-0.25, -0.2) is 9.59 Å². The van der Waals surface area contributed by atoms with Gasteiger partial charge in [0, 0.05) is 18.1 Å². The van der Waals surface area contributed by atoms with Gasteiger partial charge in [-0.15, -0.1) is 6.58 Å². The van der Waals surface area contributed by atoms with Crippen molar-refractivity contribution >= 4 is 29.7 Å². The van der Waals surface area contributed by atoms with E-state index in [0.29, 0.717) is 12.3 Å². The van der Waals surface area contributed by atoms with E-state index in [0.717, 1.165) is 5.75 Å². The van der Waals surface area contributed by atoms with Crippen LogP contribution < -0.4 is 16.4 Å². The standard InChI is InChI=1S/C10H17N3O4S/c1-2-4-18-5-3-12-10(17)13-7(9(15)16)6-8(11)14/h2,7H,1,3-6H2,(H2,11,14)(H,15,16)(H2,12,13,17). The van der Waals surface area contributed by atoms with E-state index in [1.54, 1.807) is 17.8 Å². The van der Waals surface area contributed by atoms with Gasteiger partial charge in [0.05, 0.1) is 6.42 Å². The lowest BCUT2D eigenvalue weighted by Gasteiger charge is -2.13. The summed E-state index contributed by atoms with van der Waals surface area (Å²) >= 11 is 1.58. The molecular formula is C10H17N3O4S. The van der Waals surface area contributed by atoms with E-state index >= 15 is 0 Å². The van der Waals surface area contributed by atoms with E-state index in [4.69, 9.17) is 10.8 Å². The lowest BCUT2D eigenvalue weighted by atomic mass is 10.2. The molecule has 0 aromatic rings. The first-order valence-corrected chi connectivity index (χ1v) is 6.37. The van der Waals surface area contributed by atoms with Crippen molar-refractivity contribution in [1.82, 2.24) is 10.6 Å². The molecule has 0 spiro atoms. The summed E-state index contributed by atoms with van der Waals surface area (Å²) in [5.74, 6) is -0.621. The highest BCUT2D eigenvalue weighted by molar-refractivity contribution is 7.99. The van der Waals surface area contributed by atoms with Crippen LogP contribution in [0.1, 0.15) is 6.42 Å². The van der Waals surface area contributed by atoms with Gasteiger partial charge in [0.1, 0.15) is 6.04 Å². The number of aliphatic carboxylic acids is 1. The summed E-state index contributed by atoms with van der Waals surface area (Å²) in [6.07, 6.45) is 1.31. The Kier molecular flexibility index (Phi) is 8.46. The third kappa shape index (κ3) is 8.45. The molecule has 0 heterocycles. The maximum Gasteiger partial charge on any atom is 0.326 e. The van der Waals surface area contributed by atoms with Crippen molar-refractivity contribution in [2.24, 2.45) is 5.73 Å². The second-order valence-corrected chi connectivity index (χ2v) is 4.47. The van der Waals surface area contributed by atoms with Crippen LogP contribution in [-0.2, 0) is 9.59 Å². The number of primary amides is 1. The third-order valence-electron chi connectivity index (χ3n) is 1.78. The smallest absolute Gasteiger partial charge is 0.326 e. The number of thioether (sulfide) groups is 1. The van der Waals surface area contributed by atoms with Gasteiger partial charge < -0.3 is 21.5 Å². The number of nitrogens with one attached hydrogen (secondary N) is 2. The molecule has 0 aliphatic rings. The number of hydrogen-bond acceptors (Lipinski definition) is 4. The number of carboxylic acid groups (broad SMARTS) is 1. The van der Waals surface area contributed by atoms with Crippen LogP contribution in [0.25, 0.3) is 0 Å². The predicted molar refractivity (Wildman–Crippen MR) is 69.3 cm³/mol. The molecular weight excluding hydrogens is 258 g/mol. The average molecular weight is 275 g/mol. The van der Waals surface area contributed by atoms with Crippen molar-refractivity contribution in [2.75, 3.05) is 18.1 Å². The molecule has 0 rings (SSSR count). The number of carboxylic acids is 1. The van der Waals surface area contributed by atoms with Crippen LogP contribution in [0.4, 0.5) is 4.79 Å². The largest absolute Gasteiger partial charge is 0.480 e. The Morgan fingerprint density at radius 2 is 2.11 bits per heavy atom. The lowest BCUT2D eigenvalue weighted by molar-refractivity contribution is -0.140. The minimum Gasteiger partial charge on any atom is -0.480 e. The van der Waals surface area contributed by atoms with Crippen LogP contribution in [0, 0.1) is 0 Å². The Morgan fingerprint density at radius 3 is 2.61 bits per heavy atom. The number of carbonyl (C=O) groups excluding carboxylic acids is 2. The fourth-order valence-electron chi connectivity index (χ4n) is 1.01. The Balaban J connectivity index is 3.91. The molecule has 0 saturated heterocycles. The highest BCUT2D eigenvalue weighted by Crippen LogP contribution is 1.97. The molecule has 3 amide bonds. The fraction of sp³-hybridized carbons (Fsp3) is 0.500. The number of hydrogen-bond donors (Lipinski definition) is 4. The summed E-state index contributed by atoms with van der Waals surface area (Å²) in [7, 11) is 0. The SMILES string of the molecule is C=CCSCCNC(=O)NC(CC(N)=O)C(=O)O. The monoisotopic (exact) mass is 275 g/mol. The maximum atomic E-state index is 11.3. The highest BCUT2D eigenvalue weighted by atomic mass is 32.2. The van der Waals surface area contributed by atoms with Gasteiger partial charge in [-0.3, -0.25) is 4.79 Å². The fourth-order valence-corrected chi connectivity index (χ4v) is 1.59. The van der Waals surface area contributed by atoms with Gasteiger partial charge >= 0.3 is 12.0 Å². The molecule has 1 unspecified atom stereocenters. The zero-order valence-corrected chi connectivity index (χ0v) is 10.7. The Hall–Kier alpha value is -1.70. The first kappa shape index (κ1) is 16.3. The van der Waals surface area contributed by atoms with Gasteiger partial charge in [0.15, 0.2) is 0 Å². The molecule has 0 saturated carbocycles. The molecule has 0 bridgehead atoms. The molecule has 0 aromatic carbocycles. The zero-order valence-electron chi connectivity index (χ0n) is 9.85. The van der Waals surface area contributed by atoms with Gasteiger partial charge in [-0.2, -0.15) is 11.8 Å². The van der Waals surface area contributed by atoms with Gasteiger partial charge in [-0.1, -0.05) is 6.08 Å². The number of carbonyl (C=O) groups is 3. The summed E-state index contributed by atoms with van der Waals surface area (Å²) < 4.78 is 0. The van der Waals surface area contributed by atoms with E-state index in [-0.39, 0.29) is 0 Å². The Bertz CT molecular complexity index is 322. The molecule has 5 N–H and O–H groups in total. The molecule has 0 aliphatic carbocycles. The highest BCUT2D eigenvalue weighted by Gasteiger charge is 2.21. The van der Waals surface area contributed by atoms with Crippen LogP contribution in [0.15, 0.2) is 12.7 Å². The normalized spacial score (nSPS) is 11.3. The molecule has 0 aliphatic heterocycles. The number of amides is 3. The van der Waals surface area contributed by atoms with Crippen molar-refractivity contribution in [1.29, 1.82) is 0 Å². The summed E-state index contributed by atoms with van der Waals surface area (Å²) in [5, 5.41) is 13.4. The topological polar surface area (TPSA) is 122 Å². The summed E-state index contributed by atoms with van der Waals surface area (Å²) in [6.45, 7) is 3.95. The molecule has 7 nitrogen and oxygen atoms in total. The van der Waals surface area contributed by atoms with Crippen molar-refractivity contribution in [2.45, 2.75) is 12.5 Å². The van der Waals surface area contributed by atoms with E-state index < -0.39 is 30.4 Å². The molecule has 1 atom stereocenters. The number of urea groups is 1. The van der Waals surface area contributed by atoms with Crippen molar-refractivity contribution in [3.63, 3.8) is 0 Å². The van der Waals surface area contributed by atoms with E-state index in [9.17, 15) is 14.4 Å². The van der Waals surface area contributed by atoms with Gasteiger partial charge in [0.25, 0.3) is 0 Å². The summed E-state index contributed by atoms with van der Waals surface area (Å²) in [5.41, 5.74) is 4.88. The first-order chi connectivity index (χ1) is 8.47. The van der Waals surface area contributed by atoms with Crippen molar-refractivity contribution in [3.8, 4) is 0 Å². The first-order valence-electron chi connectivity index (χ1n) is 5.21. The minimum atomic E-state index is -1.30. The Morgan fingerprint density at radius 1 is 1.44 bits per heavy atom. The minimum absolute atomic E-state index is 0.396. The predicted octanol–water partition coefficient (Wildman–Crippen LogP) is -0.467. The summed E-state index contributed by atoms with van der Waals surface area (Å²) in [4.78, 5) is 32.6. The van der Waals surface area contributed by atoms with Crippen LogP contribution >= 0.6 is 11.8 Å². The molecule has 0 radical (unpaired) electrons. The van der Waals surface area contributed by atoms with Crippen LogP contribution in [-0.4, -0.2) is 47.1 Å². The van der Waals surface area contributed by atoms with Crippen LogP contribution in [0.5, 0.6) is 0 Å². The average Bonchev–Trinajstić information content (AvgIpc) is 2.27. The maximum absolute atomic E-state index is 11.3. The van der Waals surface area contributed by atoms with Crippen molar-refractivity contribution in [3.05, 3.63) is 12.7 Å².